The smallest absolute Gasteiger partial charge is 0.231 e. The van der Waals surface area contributed by atoms with E-state index in [1.807, 2.05) is 25.1 Å². The number of hydrogen-bond donors (Lipinski definition) is 1. The van der Waals surface area contributed by atoms with Gasteiger partial charge in [0.05, 0.1) is 15.9 Å². The first-order chi connectivity index (χ1) is 12.1. The summed E-state index contributed by atoms with van der Waals surface area (Å²) in [5, 5.41) is 8.10. The van der Waals surface area contributed by atoms with Crippen LogP contribution in [0.15, 0.2) is 18.2 Å². The van der Waals surface area contributed by atoms with E-state index in [-0.39, 0.29) is 12.7 Å². The summed E-state index contributed by atoms with van der Waals surface area (Å²) in [7, 11) is 0. The van der Waals surface area contributed by atoms with Gasteiger partial charge < -0.3 is 14.8 Å². The Bertz CT molecular complexity index is 906. The number of amides is 1. The molecule has 0 unspecified atom stereocenters. The van der Waals surface area contributed by atoms with E-state index in [4.69, 9.17) is 9.47 Å². The van der Waals surface area contributed by atoms with E-state index < -0.39 is 0 Å². The molecule has 0 saturated carbocycles. The van der Waals surface area contributed by atoms with Crippen LogP contribution >= 0.6 is 11.3 Å². The number of rotatable bonds is 5. The lowest BCUT2D eigenvalue weighted by Gasteiger charge is -2.05. The molecule has 0 bridgehead atoms. The largest absolute Gasteiger partial charge is 0.454 e. The molecule has 0 atom stereocenters. The Hall–Kier alpha value is -2.61. The van der Waals surface area contributed by atoms with E-state index in [1.54, 1.807) is 4.68 Å². The number of benzene rings is 1. The molecule has 0 fully saturated rings. The number of thiazole rings is 1. The molecule has 2 aromatic heterocycles. The van der Waals surface area contributed by atoms with Crippen LogP contribution in [0.4, 0.5) is 5.82 Å². The average molecular weight is 358 g/mol. The number of aryl methyl sites for hydroxylation is 1. The van der Waals surface area contributed by atoms with Gasteiger partial charge in [-0.05, 0) is 13.3 Å². The molecule has 0 spiro atoms. The van der Waals surface area contributed by atoms with Crippen molar-refractivity contribution < 1.29 is 14.3 Å². The van der Waals surface area contributed by atoms with Gasteiger partial charge in [0, 0.05) is 24.6 Å². The Morgan fingerprint density at radius 1 is 1.32 bits per heavy atom. The first-order valence-corrected chi connectivity index (χ1v) is 9.03. The van der Waals surface area contributed by atoms with Crippen LogP contribution in [0.3, 0.4) is 0 Å². The van der Waals surface area contributed by atoms with Gasteiger partial charge in [0.15, 0.2) is 11.5 Å². The Labute approximate surface area is 148 Å². The summed E-state index contributed by atoms with van der Waals surface area (Å²) in [6, 6.07) is 5.64. The molecule has 1 N–H and O–H groups in total. The van der Waals surface area contributed by atoms with Crippen LogP contribution in [-0.4, -0.2) is 27.5 Å². The molecular formula is C17H18N4O3S. The van der Waals surface area contributed by atoms with Crippen LogP contribution in [0, 0.1) is 6.92 Å². The lowest BCUT2D eigenvalue weighted by Crippen LogP contribution is -2.14. The summed E-state index contributed by atoms with van der Waals surface area (Å²) in [6.07, 6.45) is 2.35. The van der Waals surface area contributed by atoms with Gasteiger partial charge >= 0.3 is 0 Å². The third-order valence-corrected chi connectivity index (χ3v) is 4.90. The molecule has 130 valence electrons. The second-order valence-electron chi connectivity index (χ2n) is 5.90. The summed E-state index contributed by atoms with van der Waals surface area (Å²) < 4.78 is 13.5. The summed E-state index contributed by atoms with van der Waals surface area (Å²) in [6.45, 7) is 4.20. The minimum absolute atomic E-state index is 0.00936. The Balaban J connectivity index is 1.67. The molecule has 1 aromatic carbocycles. The van der Waals surface area contributed by atoms with Crippen molar-refractivity contribution in [3.05, 3.63) is 23.9 Å². The molecule has 0 aliphatic carbocycles. The van der Waals surface area contributed by atoms with Crippen molar-refractivity contribution in [3.63, 3.8) is 0 Å². The third kappa shape index (κ3) is 3.05. The first-order valence-electron chi connectivity index (χ1n) is 8.21. The number of fused-ring (bicyclic) bond motifs is 2. The van der Waals surface area contributed by atoms with Crippen molar-refractivity contribution in [3.8, 4) is 16.6 Å². The van der Waals surface area contributed by atoms with Crippen LogP contribution in [0.25, 0.3) is 15.3 Å². The van der Waals surface area contributed by atoms with Crippen molar-refractivity contribution in [1.29, 1.82) is 0 Å². The highest BCUT2D eigenvalue weighted by Crippen LogP contribution is 2.38. The van der Waals surface area contributed by atoms with Gasteiger partial charge in [0.2, 0.25) is 17.8 Å². The molecular weight excluding hydrogens is 340 g/mol. The predicted octanol–water partition coefficient (Wildman–Crippen LogP) is 3.65. The van der Waals surface area contributed by atoms with E-state index in [0.29, 0.717) is 23.1 Å². The topological polar surface area (TPSA) is 78.3 Å². The monoisotopic (exact) mass is 358 g/mol. The molecule has 3 heterocycles. The lowest BCUT2D eigenvalue weighted by atomic mass is 10.2. The van der Waals surface area contributed by atoms with E-state index >= 15 is 0 Å². The molecule has 0 radical (unpaired) electrons. The van der Waals surface area contributed by atoms with Crippen molar-refractivity contribution in [2.24, 2.45) is 0 Å². The minimum atomic E-state index is -0.00936. The van der Waals surface area contributed by atoms with Crippen molar-refractivity contribution in [2.45, 2.75) is 33.1 Å². The van der Waals surface area contributed by atoms with E-state index in [1.165, 1.54) is 11.3 Å². The first kappa shape index (κ1) is 15.9. The number of anilines is 1. The fourth-order valence-electron chi connectivity index (χ4n) is 2.67. The van der Waals surface area contributed by atoms with Gasteiger partial charge in [0.1, 0.15) is 5.82 Å². The highest BCUT2D eigenvalue weighted by Gasteiger charge is 2.19. The molecule has 7 nitrogen and oxygen atoms in total. The van der Waals surface area contributed by atoms with Crippen LogP contribution < -0.4 is 14.8 Å². The number of carbonyl (C=O) groups excluding carboxylic acids is 1. The van der Waals surface area contributed by atoms with Crippen molar-refractivity contribution in [2.75, 3.05) is 12.1 Å². The van der Waals surface area contributed by atoms with Gasteiger partial charge in [-0.1, -0.05) is 24.7 Å². The van der Waals surface area contributed by atoms with Crippen molar-refractivity contribution >= 4 is 33.3 Å². The Morgan fingerprint density at radius 2 is 2.12 bits per heavy atom. The maximum Gasteiger partial charge on any atom is 0.231 e. The van der Waals surface area contributed by atoms with Crippen molar-refractivity contribution in [1.82, 2.24) is 14.8 Å². The summed E-state index contributed by atoms with van der Waals surface area (Å²) in [4.78, 5) is 16.7. The average Bonchev–Trinajstić information content (AvgIpc) is 3.28. The number of ether oxygens (including phenoxy) is 2. The van der Waals surface area contributed by atoms with E-state index in [9.17, 15) is 4.79 Å². The molecule has 1 amide bonds. The maximum absolute atomic E-state index is 12.1. The van der Waals surface area contributed by atoms with Gasteiger partial charge in [-0.2, -0.15) is 9.78 Å². The highest BCUT2D eigenvalue weighted by atomic mass is 32.1. The lowest BCUT2D eigenvalue weighted by molar-refractivity contribution is -0.116. The zero-order valence-electron chi connectivity index (χ0n) is 14.0. The summed E-state index contributed by atoms with van der Waals surface area (Å²) in [5.74, 6) is 2.06. The summed E-state index contributed by atoms with van der Waals surface area (Å²) in [5.41, 5.74) is 1.64. The zero-order valence-corrected chi connectivity index (χ0v) is 14.9. The Kier molecular flexibility index (Phi) is 4.04. The fourth-order valence-corrected chi connectivity index (χ4v) is 3.61. The number of hydrogen-bond acceptors (Lipinski definition) is 6. The maximum atomic E-state index is 12.1. The number of aromatic nitrogens is 3. The number of carbonyl (C=O) groups is 1. The second-order valence-corrected chi connectivity index (χ2v) is 6.91. The summed E-state index contributed by atoms with van der Waals surface area (Å²) >= 11 is 1.49. The second kappa shape index (κ2) is 6.36. The van der Waals surface area contributed by atoms with E-state index in [0.717, 1.165) is 34.5 Å². The van der Waals surface area contributed by atoms with Crippen LogP contribution in [-0.2, 0) is 4.79 Å². The SMILES string of the molecule is CCCCC(=O)Nc1cc(C)nn1-c1nc2cc3c(cc2s1)OCO3. The molecule has 1 aliphatic rings. The zero-order chi connectivity index (χ0) is 17.4. The van der Waals surface area contributed by atoms with Crippen LogP contribution in [0.1, 0.15) is 31.9 Å². The third-order valence-electron chi connectivity index (χ3n) is 3.91. The molecule has 1 aliphatic heterocycles. The van der Waals surface area contributed by atoms with Crippen LogP contribution in [0.2, 0.25) is 0 Å². The number of nitrogens with zero attached hydrogens (tertiary/aromatic N) is 3. The van der Waals surface area contributed by atoms with E-state index in [2.05, 4.69) is 22.3 Å². The van der Waals surface area contributed by atoms with Crippen LogP contribution in [0.5, 0.6) is 11.5 Å². The normalized spacial score (nSPS) is 12.7. The van der Waals surface area contributed by atoms with Gasteiger partial charge in [0.25, 0.3) is 0 Å². The molecule has 0 saturated heterocycles. The minimum Gasteiger partial charge on any atom is -0.454 e. The van der Waals surface area contributed by atoms with Gasteiger partial charge in [-0.25, -0.2) is 4.98 Å². The van der Waals surface area contributed by atoms with Gasteiger partial charge in [-0.15, -0.1) is 0 Å². The number of nitrogens with one attached hydrogen (secondary N) is 1. The quantitative estimate of drug-likeness (QED) is 0.753. The highest BCUT2D eigenvalue weighted by molar-refractivity contribution is 7.20. The Morgan fingerprint density at radius 3 is 2.92 bits per heavy atom. The molecule has 4 rings (SSSR count). The molecule has 25 heavy (non-hydrogen) atoms. The fraction of sp³-hybridized carbons (Fsp3) is 0.353. The predicted molar refractivity (Wildman–Crippen MR) is 95.8 cm³/mol. The van der Waals surface area contributed by atoms with Gasteiger partial charge in [-0.3, -0.25) is 4.79 Å². The number of unbranched alkanes of at least 4 members (excludes halogenated alkanes) is 1. The standard InChI is InChI=1S/C17H18N4O3S/c1-3-4-5-16(22)19-15-6-10(2)20-21(15)17-18-11-7-12-13(24-9-23-12)8-14(11)25-17/h6-8H,3-5,9H2,1-2H3,(H,19,22). The molecule has 3 aromatic rings. The molecule has 8 heteroatoms.